The van der Waals surface area contributed by atoms with Crippen LogP contribution in [0.5, 0.6) is 0 Å². The van der Waals surface area contributed by atoms with Crippen molar-refractivity contribution < 1.29 is 39.2 Å². The minimum atomic E-state index is -2.40. The third kappa shape index (κ3) is 4.37. The molecule has 0 saturated carbocycles. The molecule has 0 aromatic heterocycles. The Morgan fingerprint density at radius 1 is 1.06 bits per heavy atom. The molecule has 9 nitrogen and oxygen atoms in total. The van der Waals surface area contributed by atoms with Crippen LogP contribution in [0.15, 0.2) is 0 Å². The standard InChI is InChI=1S/C7H9NO8/c8-2(1-3(9)10)7(15)16-4(5(11)12)6(13)14/h2,4H,1,8H2,(H,9,10)(H,11,12)(H,13,14). The first-order chi connectivity index (χ1) is 7.25. The van der Waals surface area contributed by atoms with Crippen molar-refractivity contribution in [3.63, 3.8) is 0 Å². The first-order valence-corrected chi connectivity index (χ1v) is 3.89. The Bertz CT molecular complexity index is 310. The van der Waals surface area contributed by atoms with Crippen LogP contribution < -0.4 is 5.73 Å². The molecule has 90 valence electrons. The molecule has 0 aliphatic heterocycles. The van der Waals surface area contributed by atoms with Crippen molar-refractivity contribution in [3.8, 4) is 0 Å². The number of ether oxygens (including phenoxy) is 1. The number of hydrogen-bond acceptors (Lipinski definition) is 6. The number of carbonyl (C=O) groups excluding carboxylic acids is 1. The quantitative estimate of drug-likeness (QED) is 0.297. The molecule has 0 saturated heterocycles. The average molecular weight is 235 g/mol. The Kier molecular flexibility index (Phi) is 4.89. The SMILES string of the molecule is NC(CC(=O)O)C(=O)OC(C(=O)O)C(=O)O. The van der Waals surface area contributed by atoms with Crippen LogP contribution in [-0.2, 0) is 23.9 Å². The highest BCUT2D eigenvalue weighted by Gasteiger charge is 2.32. The maximum Gasteiger partial charge on any atom is 0.356 e. The fraction of sp³-hybridized carbons (Fsp3) is 0.429. The Balaban J connectivity index is 4.46. The summed E-state index contributed by atoms with van der Waals surface area (Å²) in [4.78, 5) is 41.7. The maximum atomic E-state index is 11.0. The largest absolute Gasteiger partial charge is 0.481 e. The molecule has 1 unspecified atom stereocenters. The Labute approximate surface area is 88.4 Å². The van der Waals surface area contributed by atoms with Gasteiger partial charge in [-0.15, -0.1) is 0 Å². The van der Waals surface area contributed by atoms with Gasteiger partial charge in [-0.25, -0.2) is 9.59 Å². The fourth-order valence-corrected chi connectivity index (χ4v) is 0.681. The summed E-state index contributed by atoms with van der Waals surface area (Å²) in [5, 5.41) is 24.9. The number of esters is 1. The minimum Gasteiger partial charge on any atom is -0.481 e. The Hall–Kier alpha value is -2.16. The van der Waals surface area contributed by atoms with Gasteiger partial charge in [0.1, 0.15) is 6.04 Å². The molecule has 0 aliphatic carbocycles. The zero-order chi connectivity index (χ0) is 12.9. The summed E-state index contributed by atoms with van der Waals surface area (Å²) in [7, 11) is 0. The lowest BCUT2D eigenvalue weighted by Crippen LogP contribution is -2.41. The fourth-order valence-electron chi connectivity index (χ4n) is 0.681. The first-order valence-electron chi connectivity index (χ1n) is 3.89. The number of rotatable bonds is 6. The minimum absolute atomic E-state index is 0.787. The van der Waals surface area contributed by atoms with Gasteiger partial charge < -0.3 is 25.8 Å². The van der Waals surface area contributed by atoms with E-state index in [1.165, 1.54) is 0 Å². The van der Waals surface area contributed by atoms with Crippen LogP contribution in [0.2, 0.25) is 0 Å². The Morgan fingerprint density at radius 3 is 1.81 bits per heavy atom. The molecule has 0 bridgehead atoms. The van der Waals surface area contributed by atoms with Crippen molar-refractivity contribution in [2.75, 3.05) is 0 Å². The molecule has 0 fully saturated rings. The van der Waals surface area contributed by atoms with Gasteiger partial charge >= 0.3 is 23.9 Å². The molecule has 16 heavy (non-hydrogen) atoms. The highest BCUT2D eigenvalue weighted by molar-refractivity contribution is 5.98. The molecule has 9 heteroatoms. The summed E-state index contributed by atoms with van der Waals surface area (Å²) in [5.41, 5.74) is 5.03. The van der Waals surface area contributed by atoms with Gasteiger partial charge in [0, 0.05) is 0 Å². The molecule has 1 atom stereocenters. The maximum absolute atomic E-state index is 11.0. The summed E-state index contributed by atoms with van der Waals surface area (Å²) in [6.45, 7) is 0. The van der Waals surface area contributed by atoms with Crippen LogP contribution in [0.1, 0.15) is 6.42 Å². The molecular formula is C7H9NO8. The van der Waals surface area contributed by atoms with Crippen LogP contribution in [0.4, 0.5) is 0 Å². The van der Waals surface area contributed by atoms with Crippen LogP contribution in [-0.4, -0.2) is 51.3 Å². The number of hydrogen-bond donors (Lipinski definition) is 4. The predicted octanol–water partition coefficient (Wildman–Crippen LogP) is -2.13. The van der Waals surface area contributed by atoms with Gasteiger partial charge in [-0.05, 0) is 0 Å². The first kappa shape index (κ1) is 13.8. The normalized spacial score (nSPS) is 11.9. The molecule has 0 amide bonds. The molecule has 0 rings (SSSR count). The number of carboxylic acids is 3. The van der Waals surface area contributed by atoms with Gasteiger partial charge in [-0.1, -0.05) is 0 Å². The lowest BCUT2D eigenvalue weighted by Gasteiger charge is -2.12. The third-order valence-electron chi connectivity index (χ3n) is 1.38. The zero-order valence-electron chi connectivity index (χ0n) is 7.82. The van der Waals surface area contributed by atoms with E-state index in [0.717, 1.165) is 0 Å². The number of aliphatic carboxylic acids is 3. The van der Waals surface area contributed by atoms with E-state index in [-0.39, 0.29) is 0 Å². The van der Waals surface area contributed by atoms with Crippen molar-refractivity contribution >= 4 is 23.9 Å². The van der Waals surface area contributed by atoms with Gasteiger partial charge in [0.25, 0.3) is 6.10 Å². The summed E-state index contributed by atoms with van der Waals surface area (Å²) in [5.74, 6) is -6.57. The van der Waals surface area contributed by atoms with Crippen molar-refractivity contribution in [1.82, 2.24) is 0 Å². The number of carboxylic acid groups (broad SMARTS) is 3. The van der Waals surface area contributed by atoms with Crippen LogP contribution >= 0.6 is 0 Å². The average Bonchev–Trinajstić information content (AvgIpc) is 2.11. The van der Waals surface area contributed by atoms with Gasteiger partial charge in [0.05, 0.1) is 6.42 Å². The Morgan fingerprint density at radius 2 is 1.50 bits per heavy atom. The topological polar surface area (TPSA) is 164 Å². The summed E-state index contributed by atoms with van der Waals surface area (Å²) < 4.78 is 4.01. The van der Waals surface area contributed by atoms with E-state index in [2.05, 4.69) is 4.74 Å². The summed E-state index contributed by atoms with van der Waals surface area (Å²) in [6, 6.07) is -1.61. The van der Waals surface area contributed by atoms with E-state index in [0.29, 0.717) is 0 Å². The zero-order valence-corrected chi connectivity index (χ0v) is 7.82. The van der Waals surface area contributed by atoms with Gasteiger partial charge in [-0.3, -0.25) is 9.59 Å². The molecule has 0 spiro atoms. The number of nitrogens with two attached hydrogens (primary N) is 1. The van der Waals surface area contributed by atoms with E-state index in [1.54, 1.807) is 0 Å². The van der Waals surface area contributed by atoms with Gasteiger partial charge in [0.2, 0.25) is 0 Å². The molecule has 0 aromatic rings. The second-order valence-electron chi connectivity index (χ2n) is 2.70. The van der Waals surface area contributed by atoms with Crippen LogP contribution in [0.3, 0.4) is 0 Å². The van der Waals surface area contributed by atoms with Crippen LogP contribution in [0, 0.1) is 0 Å². The van der Waals surface area contributed by atoms with E-state index < -0.39 is 42.4 Å². The van der Waals surface area contributed by atoms with E-state index in [1.807, 2.05) is 0 Å². The summed E-state index contributed by atoms with van der Waals surface area (Å²) >= 11 is 0. The van der Waals surface area contributed by atoms with Crippen molar-refractivity contribution in [3.05, 3.63) is 0 Å². The highest BCUT2D eigenvalue weighted by atomic mass is 16.6. The van der Waals surface area contributed by atoms with Gasteiger partial charge in [0.15, 0.2) is 0 Å². The van der Waals surface area contributed by atoms with E-state index >= 15 is 0 Å². The van der Waals surface area contributed by atoms with E-state index in [4.69, 9.17) is 21.1 Å². The smallest absolute Gasteiger partial charge is 0.356 e. The molecule has 0 aliphatic rings. The molecule has 5 N–H and O–H groups in total. The predicted molar refractivity (Wildman–Crippen MR) is 45.4 cm³/mol. The second-order valence-corrected chi connectivity index (χ2v) is 2.70. The lowest BCUT2D eigenvalue weighted by molar-refractivity contribution is -0.175. The summed E-state index contributed by atoms with van der Waals surface area (Å²) in [6.07, 6.45) is -3.18. The van der Waals surface area contributed by atoms with Crippen molar-refractivity contribution in [2.45, 2.75) is 18.6 Å². The molecule has 0 aromatic carbocycles. The van der Waals surface area contributed by atoms with Crippen LogP contribution in [0.25, 0.3) is 0 Å². The lowest BCUT2D eigenvalue weighted by atomic mass is 10.2. The van der Waals surface area contributed by atoms with Crippen molar-refractivity contribution in [2.24, 2.45) is 5.73 Å². The second kappa shape index (κ2) is 5.66. The number of carbonyl (C=O) groups is 4. The molecular weight excluding hydrogens is 226 g/mol. The third-order valence-corrected chi connectivity index (χ3v) is 1.38. The van der Waals surface area contributed by atoms with Crippen molar-refractivity contribution in [1.29, 1.82) is 0 Å². The monoisotopic (exact) mass is 235 g/mol. The van der Waals surface area contributed by atoms with E-state index in [9.17, 15) is 19.2 Å². The highest BCUT2D eigenvalue weighted by Crippen LogP contribution is 1.99. The molecule has 0 heterocycles. The molecule has 0 radical (unpaired) electrons. The van der Waals surface area contributed by atoms with Gasteiger partial charge in [-0.2, -0.15) is 0 Å².